The fraction of sp³-hybridized carbons (Fsp3) is 0.200. The highest BCUT2D eigenvalue weighted by Gasteiger charge is 2.30. The van der Waals surface area contributed by atoms with Gasteiger partial charge >= 0.3 is 6.18 Å². The van der Waals surface area contributed by atoms with Gasteiger partial charge in [-0.2, -0.15) is 13.2 Å². The molecular weight excluding hydrogens is 306 g/mol. The second kappa shape index (κ2) is 6.03. The molecule has 0 aliphatic rings. The minimum absolute atomic E-state index is 0.0382. The molecule has 2 aromatic carbocycles. The van der Waals surface area contributed by atoms with E-state index in [4.69, 9.17) is 17.3 Å². The third-order valence-corrected chi connectivity index (χ3v) is 3.37. The number of halogens is 5. The maximum atomic E-state index is 13.1. The molecule has 1 unspecified atom stereocenters. The van der Waals surface area contributed by atoms with Gasteiger partial charge in [-0.1, -0.05) is 29.8 Å². The summed E-state index contributed by atoms with van der Waals surface area (Å²) in [5, 5.41) is -0.0382. The fourth-order valence-corrected chi connectivity index (χ4v) is 2.19. The third-order valence-electron chi connectivity index (χ3n) is 3.08. The monoisotopic (exact) mass is 317 g/mol. The molecule has 0 amide bonds. The summed E-state index contributed by atoms with van der Waals surface area (Å²) in [6.45, 7) is 0. The predicted molar refractivity (Wildman–Crippen MR) is 73.5 cm³/mol. The van der Waals surface area contributed by atoms with Crippen LogP contribution in [-0.2, 0) is 12.6 Å². The van der Waals surface area contributed by atoms with Crippen LogP contribution in [0.2, 0.25) is 5.02 Å². The van der Waals surface area contributed by atoms with Crippen molar-refractivity contribution in [2.24, 2.45) is 5.73 Å². The van der Waals surface area contributed by atoms with Crippen molar-refractivity contribution in [1.82, 2.24) is 0 Å². The fourth-order valence-electron chi connectivity index (χ4n) is 1.98. The summed E-state index contributed by atoms with van der Waals surface area (Å²) in [5.74, 6) is -0.548. The first kappa shape index (κ1) is 15.8. The lowest BCUT2D eigenvalue weighted by Gasteiger charge is -2.15. The molecule has 0 bridgehead atoms. The first-order valence-electron chi connectivity index (χ1n) is 6.14. The van der Waals surface area contributed by atoms with Crippen LogP contribution in [0.3, 0.4) is 0 Å². The van der Waals surface area contributed by atoms with Gasteiger partial charge in [-0.25, -0.2) is 4.39 Å². The van der Waals surface area contributed by atoms with Gasteiger partial charge < -0.3 is 5.73 Å². The molecule has 0 aliphatic carbocycles. The van der Waals surface area contributed by atoms with Crippen molar-refractivity contribution < 1.29 is 17.6 Å². The number of benzene rings is 2. The van der Waals surface area contributed by atoms with Gasteiger partial charge in [0.1, 0.15) is 5.82 Å². The maximum Gasteiger partial charge on any atom is 0.416 e. The molecule has 2 N–H and O–H groups in total. The lowest BCUT2D eigenvalue weighted by molar-refractivity contribution is -0.137. The summed E-state index contributed by atoms with van der Waals surface area (Å²) in [7, 11) is 0. The predicted octanol–water partition coefficient (Wildman–Crippen LogP) is 4.74. The molecule has 2 rings (SSSR count). The van der Waals surface area contributed by atoms with Gasteiger partial charge in [-0.3, -0.25) is 0 Å². The van der Waals surface area contributed by atoms with Crippen LogP contribution in [-0.4, -0.2) is 0 Å². The SMILES string of the molecule is NC(Cc1ccc(F)c(Cl)c1)c1cccc(C(F)(F)F)c1. The van der Waals surface area contributed by atoms with Crippen LogP contribution in [0.15, 0.2) is 42.5 Å². The molecule has 1 atom stereocenters. The number of hydrogen-bond donors (Lipinski definition) is 1. The van der Waals surface area contributed by atoms with Crippen molar-refractivity contribution >= 4 is 11.6 Å². The zero-order chi connectivity index (χ0) is 15.6. The van der Waals surface area contributed by atoms with E-state index >= 15 is 0 Å². The van der Waals surface area contributed by atoms with Crippen LogP contribution in [0.4, 0.5) is 17.6 Å². The molecular formula is C15H12ClF4N. The van der Waals surface area contributed by atoms with E-state index in [0.29, 0.717) is 11.1 Å². The lowest BCUT2D eigenvalue weighted by Crippen LogP contribution is -2.15. The number of hydrogen-bond acceptors (Lipinski definition) is 1. The Morgan fingerprint density at radius 1 is 1.10 bits per heavy atom. The Morgan fingerprint density at radius 3 is 2.43 bits per heavy atom. The normalized spacial score (nSPS) is 13.2. The Bertz CT molecular complexity index is 640. The smallest absolute Gasteiger partial charge is 0.324 e. The molecule has 6 heteroatoms. The van der Waals surface area contributed by atoms with Gasteiger partial charge in [0.2, 0.25) is 0 Å². The van der Waals surface area contributed by atoms with Crippen molar-refractivity contribution in [3.05, 3.63) is 70.0 Å². The van der Waals surface area contributed by atoms with Crippen molar-refractivity contribution in [1.29, 1.82) is 0 Å². The van der Waals surface area contributed by atoms with E-state index in [1.165, 1.54) is 30.3 Å². The highest BCUT2D eigenvalue weighted by Crippen LogP contribution is 2.31. The number of nitrogens with two attached hydrogens (primary N) is 1. The van der Waals surface area contributed by atoms with Crippen LogP contribution in [0.5, 0.6) is 0 Å². The Balaban J connectivity index is 2.20. The summed E-state index contributed by atoms with van der Waals surface area (Å²) in [5.41, 5.74) is 6.20. The van der Waals surface area contributed by atoms with Crippen LogP contribution < -0.4 is 5.73 Å². The van der Waals surface area contributed by atoms with Crippen molar-refractivity contribution in [3.8, 4) is 0 Å². The molecule has 0 radical (unpaired) electrons. The minimum Gasteiger partial charge on any atom is -0.324 e. The first-order chi connectivity index (χ1) is 9.77. The Hall–Kier alpha value is -1.59. The first-order valence-corrected chi connectivity index (χ1v) is 6.52. The van der Waals surface area contributed by atoms with Gasteiger partial charge in [0, 0.05) is 6.04 Å². The van der Waals surface area contributed by atoms with Crippen LogP contribution in [0.25, 0.3) is 0 Å². The van der Waals surface area contributed by atoms with E-state index < -0.39 is 23.6 Å². The highest BCUT2D eigenvalue weighted by atomic mass is 35.5. The zero-order valence-electron chi connectivity index (χ0n) is 10.8. The van der Waals surface area contributed by atoms with E-state index in [2.05, 4.69) is 0 Å². The lowest BCUT2D eigenvalue weighted by atomic mass is 9.98. The minimum atomic E-state index is -4.41. The molecule has 2 aromatic rings. The Morgan fingerprint density at radius 2 is 1.81 bits per heavy atom. The van der Waals surface area contributed by atoms with Crippen LogP contribution in [0, 0.1) is 5.82 Å². The Labute approximate surface area is 124 Å². The second-order valence-electron chi connectivity index (χ2n) is 4.68. The summed E-state index contributed by atoms with van der Waals surface area (Å²) in [6, 6.07) is 8.37. The highest BCUT2D eigenvalue weighted by molar-refractivity contribution is 6.30. The van der Waals surface area contributed by atoms with Gasteiger partial charge in [0.05, 0.1) is 10.6 Å². The molecule has 21 heavy (non-hydrogen) atoms. The average Bonchev–Trinajstić information content (AvgIpc) is 2.42. The summed E-state index contributed by atoms with van der Waals surface area (Å²) < 4.78 is 51.0. The van der Waals surface area contributed by atoms with Crippen molar-refractivity contribution in [2.75, 3.05) is 0 Å². The second-order valence-corrected chi connectivity index (χ2v) is 5.09. The molecule has 0 saturated carbocycles. The quantitative estimate of drug-likeness (QED) is 0.813. The third kappa shape index (κ3) is 3.95. The van der Waals surface area contributed by atoms with Crippen molar-refractivity contribution in [2.45, 2.75) is 18.6 Å². The Kier molecular flexibility index (Phi) is 4.54. The molecule has 0 spiro atoms. The van der Waals surface area contributed by atoms with Gasteiger partial charge in [-0.15, -0.1) is 0 Å². The molecule has 112 valence electrons. The van der Waals surface area contributed by atoms with E-state index in [9.17, 15) is 17.6 Å². The average molecular weight is 318 g/mol. The van der Waals surface area contributed by atoms with E-state index in [-0.39, 0.29) is 11.4 Å². The molecule has 0 aromatic heterocycles. The van der Waals surface area contributed by atoms with Gasteiger partial charge in [-0.05, 0) is 41.8 Å². The molecule has 0 fully saturated rings. The van der Waals surface area contributed by atoms with E-state index in [1.54, 1.807) is 0 Å². The molecule has 1 nitrogen and oxygen atoms in total. The zero-order valence-corrected chi connectivity index (χ0v) is 11.5. The number of alkyl halides is 3. The largest absolute Gasteiger partial charge is 0.416 e. The van der Waals surface area contributed by atoms with E-state index in [1.807, 2.05) is 0 Å². The summed E-state index contributed by atoms with van der Waals surface area (Å²) >= 11 is 5.66. The summed E-state index contributed by atoms with van der Waals surface area (Å²) in [4.78, 5) is 0. The van der Waals surface area contributed by atoms with Crippen LogP contribution in [0.1, 0.15) is 22.7 Å². The summed E-state index contributed by atoms with van der Waals surface area (Å²) in [6.07, 6.45) is -4.14. The van der Waals surface area contributed by atoms with Gasteiger partial charge in [0.25, 0.3) is 0 Å². The van der Waals surface area contributed by atoms with Crippen LogP contribution >= 0.6 is 11.6 Å². The molecule has 0 saturated heterocycles. The topological polar surface area (TPSA) is 26.0 Å². The molecule has 0 heterocycles. The van der Waals surface area contributed by atoms with Crippen molar-refractivity contribution in [3.63, 3.8) is 0 Å². The maximum absolute atomic E-state index is 13.1. The number of rotatable bonds is 3. The molecule has 0 aliphatic heterocycles. The van der Waals surface area contributed by atoms with Gasteiger partial charge in [0.15, 0.2) is 0 Å². The standard InChI is InChI=1S/C15H12ClF4N/c16-12-6-9(4-5-13(12)17)7-14(21)10-2-1-3-11(8-10)15(18,19)20/h1-6,8,14H,7,21H2. The van der Waals surface area contributed by atoms with E-state index in [0.717, 1.165) is 12.1 Å².